The third-order valence-electron chi connectivity index (χ3n) is 6.02. The average molecular weight is 523 g/mol. The molecule has 0 aliphatic rings. The topological polar surface area (TPSA) is 85.8 Å². The van der Waals surface area contributed by atoms with E-state index in [9.17, 15) is 14.4 Å². The van der Waals surface area contributed by atoms with Crippen molar-refractivity contribution in [1.29, 1.82) is 0 Å². The standard InChI is InChI=1S/C32H30N2O5/c1-2-38-31(36)30-28(17-10-18-33-30)21-34(32(37)39-23-25-13-7-4-8-14-25)22-29(35)27-16-9-15-26(20-27)19-24-11-5-3-6-12-24/h3-18,20H,2,19,21-23H2,1H3. The molecule has 0 aliphatic heterocycles. The van der Waals surface area contributed by atoms with E-state index in [-0.39, 0.29) is 37.8 Å². The van der Waals surface area contributed by atoms with E-state index < -0.39 is 12.1 Å². The molecule has 7 nitrogen and oxygen atoms in total. The molecule has 1 heterocycles. The Bertz CT molecular complexity index is 1410. The summed E-state index contributed by atoms with van der Waals surface area (Å²) in [5.74, 6) is -0.839. The van der Waals surface area contributed by atoms with Crippen LogP contribution in [-0.2, 0) is 29.0 Å². The summed E-state index contributed by atoms with van der Waals surface area (Å²) in [5.41, 5.74) is 3.98. The van der Waals surface area contributed by atoms with Crippen molar-refractivity contribution < 1.29 is 23.9 Å². The zero-order valence-corrected chi connectivity index (χ0v) is 21.8. The van der Waals surface area contributed by atoms with Crippen LogP contribution in [0, 0.1) is 0 Å². The third-order valence-corrected chi connectivity index (χ3v) is 6.02. The highest BCUT2D eigenvalue weighted by Gasteiger charge is 2.24. The van der Waals surface area contributed by atoms with Crippen molar-refractivity contribution >= 4 is 17.8 Å². The second kappa shape index (κ2) is 13.7. The molecule has 7 heteroatoms. The van der Waals surface area contributed by atoms with Crippen LogP contribution in [0.5, 0.6) is 0 Å². The highest BCUT2D eigenvalue weighted by atomic mass is 16.6. The van der Waals surface area contributed by atoms with Crippen molar-refractivity contribution in [1.82, 2.24) is 9.88 Å². The Labute approximate surface area is 228 Å². The highest BCUT2D eigenvalue weighted by molar-refractivity contribution is 5.99. The van der Waals surface area contributed by atoms with E-state index >= 15 is 0 Å². The number of rotatable bonds is 11. The van der Waals surface area contributed by atoms with Gasteiger partial charge in [0.05, 0.1) is 19.7 Å². The molecule has 0 bridgehead atoms. The van der Waals surface area contributed by atoms with Gasteiger partial charge in [-0.05, 0) is 42.2 Å². The number of carbonyl (C=O) groups excluding carboxylic acids is 3. The van der Waals surface area contributed by atoms with Crippen molar-refractivity contribution in [3.05, 3.63) is 137 Å². The van der Waals surface area contributed by atoms with Crippen LogP contribution in [0.2, 0.25) is 0 Å². The maximum Gasteiger partial charge on any atom is 0.410 e. The number of nitrogens with zero attached hydrogens (tertiary/aromatic N) is 2. The van der Waals surface area contributed by atoms with Crippen LogP contribution in [0.4, 0.5) is 4.79 Å². The molecule has 0 spiro atoms. The van der Waals surface area contributed by atoms with Crippen molar-refractivity contribution in [2.75, 3.05) is 13.2 Å². The first kappa shape index (κ1) is 27.3. The van der Waals surface area contributed by atoms with Crippen LogP contribution >= 0.6 is 0 Å². The van der Waals surface area contributed by atoms with Crippen LogP contribution in [0.25, 0.3) is 0 Å². The minimum Gasteiger partial charge on any atom is -0.461 e. The van der Waals surface area contributed by atoms with Crippen LogP contribution in [0.1, 0.15) is 50.0 Å². The number of esters is 1. The number of ketones is 1. The molecule has 3 aromatic carbocycles. The van der Waals surface area contributed by atoms with Gasteiger partial charge in [0.15, 0.2) is 11.5 Å². The lowest BCUT2D eigenvalue weighted by Gasteiger charge is -2.22. The third kappa shape index (κ3) is 7.85. The van der Waals surface area contributed by atoms with Crippen LogP contribution in [0.15, 0.2) is 103 Å². The fourth-order valence-corrected chi connectivity index (χ4v) is 4.10. The Balaban J connectivity index is 1.54. The average Bonchev–Trinajstić information content (AvgIpc) is 2.97. The van der Waals surface area contributed by atoms with E-state index in [1.54, 1.807) is 25.1 Å². The monoisotopic (exact) mass is 522 g/mol. The van der Waals surface area contributed by atoms with E-state index in [0.717, 1.165) is 16.7 Å². The number of benzene rings is 3. The predicted octanol–water partition coefficient (Wildman–Crippen LogP) is 5.87. The lowest BCUT2D eigenvalue weighted by atomic mass is 10.0. The Morgan fingerprint density at radius 3 is 2.18 bits per heavy atom. The molecule has 0 unspecified atom stereocenters. The summed E-state index contributed by atoms with van der Waals surface area (Å²) in [6.45, 7) is 1.66. The molecule has 4 rings (SSSR count). The van der Waals surface area contributed by atoms with E-state index in [1.165, 1.54) is 11.1 Å². The molecule has 1 amide bonds. The molecule has 0 aliphatic carbocycles. The molecule has 0 fully saturated rings. The summed E-state index contributed by atoms with van der Waals surface area (Å²) >= 11 is 0. The summed E-state index contributed by atoms with van der Waals surface area (Å²) in [6.07, 6.45) is 1.49. The number of ether oxygens (including phenoxy) is 2. The molecule has 4 aromatic rings. The van der Waals surface area contributed by atoms with Gasteiger partial charge >= 0.3 is 12.1 Å². The molecular formula is C32H30N2O5. The summed E-state index contributed by atoms with van der Waals surface area (Å²) in [7, 11) is 0. The minimum atomic E-state index is -0.675. The smallest absolute Gasteiger partial charge is 0.410 e. The van der Waals surface area contributed by atoms with Gasteiger partial charge in [0.25, 0.3) is 0 Å². The number of amides is 1. The SMILES string of the molecule is CCOC(=O)c1ncccc1CN(CC(=O)c1cccc(Cc2ccccc2)c1)C(=O)OCc1ccccc1. The van der Waals surface area contributed by atoms with Crippen LogP contribution in [-0.4, -0.2) is 40.9 Å². The molecular weight excluding hydrogens is 492 g/mol. The van der Waals surface area contributed by atoms with Crippen molar-refractivity contribution in [2.24, 2.45) is 0 Å². The number of carbonyl (C=O) groups is 3. The summed E-state index contributed by atoms with van der Waals surface area (Å²) in [4.78, 5) is 44.5. The minimum absolute atomic E-state index is 0.0503. The molecule has 39 heavy (non-hydrogen) atoms. The van der Waals surface area contributed by atoms with E-state index in [2.05, 4.69) is 4.98 Å². The van der Waals surface area contributed by atoms with E-state index in [4.69, 9.17) is 9.47 Å². The van der Waals surface area contributed by atoms with Gasteiger partial charge < -0.3 is 9.47 Å². The lowest BCUT2D eigenvalue weighted by Crippen LogP contribution is -2.36. The Hall–Kier alpha value is -4.78. The van der Waals surface area contributed by atoms with Gasteiger partial charge in [0.2, 0.25) is 0 Å². The molecule has 0 saturated carbocycles. The van der Waals surface area contributed by atoms with Gasteiger partial charge in [-0.15, -0.1) is 0 Å². The van der Waals surface area contributed by atoms with Gasteiger partial charge in [-0.3, -0.25) is 9.69 Å². The molecule has 198 valence electrons. The first-order valence-corrected chi connectivity index (χ1v) is 12.8. The van der Waals surface area contributed by atoms with Gasteiger partial charge in [-0.1, -0.05) is 84.9 Å². The molecule has 0 saturated heterocycles. The fourth-order valence-electron chi connectivity index (χ4n) is 4.10. The maximum atomic E-state index is 13.4. The van der Waals surface area contributed by atoms with E-state index in [0.29, 0.717) is 17.5 Å². The number of hydrogen-bond acceptors (Lipinski definition) is 6. The lowest BCUT2D eigenvalue weighted by molar-refractivity contribution is 0.0515. The zero-order valence-electron chi connectivity index (χ0n) is 21.8. The fraction of sp³-hybridized carbons (Fsp3) is 0.188. The summed E-state index contributed by atoms with van der Waals surface area (Å²) in [5, 5.41) is 0. The number of aromatic nitrogens is 1. The van der Waals surface area contributed by atoms with E-state index in [1.807, 2.05) is 78.9 Å². The van der Waals surface area contributed by atoms with Gasteiger partial charge in [-0.2, -0.15) is 0 Å². The molecule has 1 aromatic heterocycles. The summed E-state index contributed by atoms with van der Waals surface area (Å²) < 4.78 is 10.7. The Morgan fingerprint density at radius 2 is 1.46 bits per heavy atom. The number of pyridine rings is 1. The second-order valence-electron chi connectivity index (χ2n) is 8.91. The molecule has 0 atom stereocenters. The highest BCUT2D eigenvalue weighted by Crippen LogP contribution is 2.16. The second-order valence-corrected chi connectivity index (χ2v) is 8.91. The molecule has 0 radical (unpaired) electrons. The largest absolute Gasteiger partial charge is 0.461 e. The number of Topliss-reactive ketones (excluding diaryl/α,β-unsaturated/α-hetero) is 1. The van der Waals surface area contributed by atoms with Crippen LogP contribution < -0.4 is 0 Å². The normalized spacial score (nSPS) is 10.5. The predicted molar refractivity (Wildman–Crippen MR) is 147 cm³/mol. The first-order valence-electron chi connectivity index (χ1n) is 12.8. The summed E-state index contributed by atoms with van der Waals surface area (Å²) in [6, 6.07) is 30.0. The zero-order chi connectivity index (χ0) is 27.5. The Kier molecular flexibility index (Phi) is 9.56. The van der Waals surface area contributed by atoms with Gasteiger partial charge in [0, 0.05) is 17.3 Å². The van der Waals surface area contributed by atoms with Gasteiger partial charge in [-0.25, -0.2) is 14.6 Å². The first-order chi connectivity index (χ1) is 19.0. The Morgan fingerprint density at radius 1 is 0.769 bits per heavy atom. The maximum absolute atomic E-state index is 13.4. The van der Waals surface area contributed by atoms with Crippen molar-refractivity contribution in [3.63, 3.8) is 0 Å². The van der Waals surface area contributed by atoms with Crippen LogP contribution in [0.3, 0.4) is 0 Å². The van der Waals surface area contributed by atoms with Crippen molar-refractivity contribution in [2.45, 2.75) is 26.5 Å². The quantitative estimate of drug-likeness (QED) is 0.181. The van der Waals surface area contributed by atoms with Crippen molar-refractivity contribution in [3.8, 4) is 0 Å². The van der Waals surface area contributed by atoms with Gasteiger partial charge in [0.1, 0.15) is 6.61 Å². The molecule has 0 N–H and O–H groups in total. The number of hydrogen-bond donors (Lipinski definition) is 0.